The van der Waals surface area contributed by atoms with Crippen molar-refractivity contribution in [3.8, 4) is 0 Å². The van der Waals surface area contributed by atoms with Crippen LogP contribution in [0.2, 0.25) is 0 Å². The molecule has 0 aromatic rings. The fraction of sp³-hybridized carbons (Fsp3) is 0.929. The summed E-state index contributed by atoms with van der Waals surface area (Å²) in [6, 6.07) is 0.486. The first-order valence-corrected chi connectivity index (χ1v) is 7.60. The molecule has 0 aromatic heterocycles. The molecule has 2 aliphatic rings. The molecule has 2 fully saturated rings. The smallest absolute Gasteiger partial charge is 0.237 e. The molecule has 1 amide bonds. The van der Waals surface area contributed by atoms with E-state index in [-0.39, 0.29) is 18.1 Å². The number of nitrogens with zero attached hydrogens (tertiary/aromatic N) is 1. The predicted molar refractivity (Wildman–Crippen MR) is 74.9 cm³/mol. The minimum absolute atomic E-state index is 0.0308. The maximum atomic E-state index is 11.8. The Bertz CT molecular complexity index is 298. The summed E-state index contributed by atoms with van der Waals surface area (Å²) in [5, 5.41) is 15.4. The van der Waals surface area contributed by atoms with Gasteiger partial charge in [-0.15, -0.1) is 0 Å². The summed E-state index contributed by atoms with van der Waals surface area (Å²) < 4.78 is 0. The zero-order chi connectivity index (χ0) is 13.7. The normalized spacial score (nSPS) is 32.4. The highest BCUT2D eigenvalue weighted by Gasteiger charge is 2.27. The molecule has 0 radical (unpaired) electrons. The van der Waals surface area contributed by atoms with Gasteiger partial charge in [-0.1, -0.05) is 6.42 Å². The number of likely N-dealkylation sites (tertiary alicyclic amines) is 1. The molecule has 0 spiro atoms. The van der Waals surface area contributed by atoms with Crippen LogP contribution in [-0.2, 0) is 4.79 Å². The van der Waals surface area contributed by atoms with E-state index in [0.29, 0.717) is 19.0 Å². The minimum atomic E-state index is -0.370. The number of hydrogen-bond acceptors (Lipinski definition) is 4. The van der Waals surface area contributed by atoms with Gasteiger partial charge >= 0.3 is 0 Å². The second kappa shape index (κ2) is 7.22. The van der Waals surface area contributed by atoms with Gasteiger partial charge in [-0.3, -0.25) is 4.79 Å². The van der Waals surface area contributed by atoms with Crippen molar-refractivity contribution in [2.24, 2.45) is 0 Å². The molecule has 0 bridgehead atoms. The van der Waals surface area contributed by atoms with Crippen molar-refractivity contribution in [3.63, 3.8) is 0 Å². The molecule has 5 nitrogen and oxygen atoms in total. The van der Waals surface area contributed by atoms with E-state index in [9.17, 15) is 9.90 Å². The third-order valence-electron chi connectivity index (χ3n) is 4.29. The molecular formula is C14H27N3O2. The maximum Gasteiger partial charge on any atom is 0.237 e. The molecule has 2 aliphatic heterocycles. The Morgan fingerprint density at radius 1 is 1.47 bits per heavy atom. The molecule has 0 unspecified atom stereocenters. The summed E-state index contributed by atoms with van der Waals surface area (Å²) in [4.78, 5) is 14.3. The van der Waals surface area contributed by atoms with Crippen LogP contribution in [0.3, 0.4) is 0 Å². The first-order chi connectivity index (χ1) is 9.16. The van der Waals surface area contributed by atoms with Gasteiger partial charge in [-0.05, 0) is 39.2 Å². The number of aliphatic hydroxyl groups is 1. The van der Waals surface area contributed by atoms with E-state index in [2.05, 4.69) is 22.5 Å². The van der Waals surface area contributed by atoms with Crippen molar-refractivity contribution in [2.75, 3.05) is 26.2 Å². The van der Waals surface area contributed by atoms with Crippen LogP contribution in [0.25, 0.3) is 0 Å². The van der Waals surface area contributed by atoms with E-state index in [4.69, 9.17) is 0 Å². The van der Waals surface area contributed by atoms with Gasteiger partial charge in [0.2, 0.25) is 5.91 Å². The van der Waals surface area contributed by atoms with Crippen molar-refractivity contribution < 1.29 is 9.90 Å². The van der Waals surface area contributed by atoms with E-state index >= 15 is 0 Å². The third-order valence-corrected chi connectivity index (χ3v) is 4.29. The number of nitrogens with one attached hydrogen (secondary N) is 2. The van der Waals surface area contributed by atoms with Gasteiger partial charge in [0.05, 0.1) is 12.1 Å². The Balaban J connectivity index is 1.57. The van der Waals surface area contributed by atoms with Crippen LogP contribution in [0, 0.1) is 0 Å². The molecule has 2 heterocycles. The molecule has 0 aromatic carbocycles. The molecule has 3 atom stereocenters. The topological polar surface area (TPSA) is 64.6 Å². The van der Waals surface area contributed by atoms with Crippen molar-refractivity contribution in [1.29, 1.82) is 0 Å². The van der Waals surface area contributed by atoms with Crippen LogP contribution in [0.1, 0.15) is 39.0 Å². The summed E-state index contributed by atoms with van der Waals surface area (Å²) in [5.74, 6) is 0.0308. The van der Waals surface area contributed by atoms with Crippen LogP contribution < -0.4 is 10.6 Å². The summed E-state index contributed by atoms with van der Waals surface area (Å²) in [5.41, 5.74) is 0. The number of amides is 1. The minimum Gasteiger partial charge on any atom is -0.392 e. The van der Waals surface area contributed by atoms with Crippen LogP contribution in [0.4, 0.5) is 0 Å². The monoisotopic (exact) mass is 269 g/mol. The molecule has 110 valence electrons. The van der Waals surface area contributed by atoms with Crippen molar-refractivity contribution in [3.05, 3.63) is 0 Å². The van der Waals surface area contributed by atoms with Crippen LogP contribution in [0.15, 0.2) is 0 Å². The highest BCUT2D eigenvalue weighted by atomic mass is 16.3. The first-order valence-electron chi connectivity index (χ1n) is 7.60. The highest BCUT2D eigenvalue weighted by molar-refractivity contribution is 5.82. The van der Waals surface area contributed by atoms with E-state index in [1.54, 1.807) is 0 Å². The van der Waals surface area contributed by atoms with Gasteiger partial charge in [-0.25, -0.2) is 0 Å². The second-order valence-corrected chi connectivity index (χ2v) is 5.88. The molecular weight excluding hydrogens is 242 g/mol. The lowest BCUT2D eigenvalue weighted by atomic mass is 10.0. The Morgan fingerprint density at radius 2 is 2.32 bits per heavy atom. The van der Waals surface area contributed by atoms with E-state index < -0.39 is 0 Å². The lowest BCUT2D eigenvalue weighted by Crippen LogP contribution is -2.42. The Hall–Kier alpha value is -0.650. The fourth-order valence-electron chi connectivity index (χ4n) is 3.02. The van der Waals surface area contributed by atoms with Gasteiger partial charge in [0.25, 0.3) is 0 Å². The van der Waals surface area contributed by atoms with Crippen molar-refractivity contribution >= 4 is 5.91 Å². The van der Waals surface area contributed by atoms with Crippen LogP contribution in [-0.4, -0.2) is 60.3 Å². The Labute approximate surface area is 115 Å². The lowest BCUT2D eigenvalue weighted by Gasteiger charge is -2.33. The number of aliphatic hydroxyl groups excluding tert-OH is 1. The summed E-state index contributed by atoms with van der Waals surface area (Å²) in [7, 11) is 0. The SMILES string of the molecule is C[C@@H]1CCCCN1CCCNC(=O)[C@H]1C[C@@H](O)CN1. The van der Waals surface area contributed by atoms with E-state index in [1.165, 1.54) is 25.8 Å². The predicted octanol–water partition coefficient (Wildman–Crippen LogP) is 0.0899. The van der Waals surface area contributed by atoms with Gasteiger partial charge < -0.3 is 20.6 Å². The Kier molecular flexibility index (Phi) is 5.60. The zero-order valence-corrected chi connectivity index (χ0v) is 11.9. The summed E-state index contributed by atoms with van der Waals surface area (Å²) in [6.07, 6.45) is 5.13. The average molecular weight is 269 g/mol. The molecule has 0 aliphatic carbocycles. The molecule has 3 N–H and O–H groups in total. The Morgan fingerprint density at radius 3 is 3.00 bits per heavy atom. The highest BCUT2D eigenvalue weighted by Crippen LogP contribution is 2.16. The first kappa shape index (κ1) is 14.8. The number of rotatable bonds is 5. The largest absolute Gasteiger partial charge is 0.392 e. The number of β-amino-alcohol motifs (C(OH)–C–C–N with tert-alkyl or cyclic N) is 1. The van der Waals surface area contributed by atoms with E-state index in [0.717, 1.165) is 19.5 Å². The zero-order valence-electron chi connectivity index (χ0n) is 11.9. The standard InChI is InChI=1S/C14H27N3O2/c1-11-5-2-3-7-17(11)8-4-6-15-14(19)13-9-12(18)10-16-13/h11-13,16,18H,2-10H2,1H3,(H,15,19)/t11-,12-,13-/m1/s1. The second-order valence-electron chi connectivity index (χ2n) is 5.88. The molecule has 19 heavy (non-hydrogen) atoms. The molecule has 0 saturated carbocycles. The van der Waals surface area contributed by atoms with Gasteiger partial charge in [-0.2, -0.15) is 0 Å². The summed E-state index contributed by atoms with van der Waals surface area (Å²) >= 11 is 0. The van der Waals surface area contributed by atoms with Crippen molar-refractivity contribution in [1.82, 2.24) is 15.5 Å². The van der Waals surface area contributed by atoms with Crippen molar-refractivity contribution in [2.45, 2.75) is 57.2 Å². The van der Waals surface area contributed by atoms with E-state index in [1.807, 2.05) is 0 Å². The number of hydrogen-bond donors (Lipinski definition) is 3. The van der Waals surface area contributed by atoms with Crippen LogP contribution in [0.5, 0.6) is 0 Å². The van der Waals surface area contributed by atoms with Gasteiger partial charge in [0.1, 0.15) is 0 Å². The number of piperidine rings is 1. The molecule has 5 heteroatoms. The number of carbonyl (C=O) groups excluding carboxylic acids is 1. The maximum absolute atomic E-state index is 11.8. The molecule has 2 rings (SSSR count). The average Bonchev–Trinajstić information content (AvgIpc) is 2.83. The van der Waals surface area contributed by atoms with Gasteiger partial charge in [0, 0.05) is 25.7 Å². The number of carbonyl (C=O) groups is 1. The third kappa shape index (κ3) is 4.44. The quantitative estimate of drug-likeness (QED) is 0.619. The van der Waals surface area contributed by atoms with Crippen LogP contribution >= 0.6 is 0 Å². The van der Waals surface area contributed by atoms with Gasteiger partial charge in [0.15, 0.2) is 0 Å². The molecule has 2 saturated heterocycles. The lowest BCUT2D eigenvalue weighted by molar-refractivity contribution is -0.122. The fourth-order valence-corrected chi connectivity index (χ4v) is 3.02. The summed E-state index contributed by atoms with van der Waals surface area (Å²) in [6.45, 7) is 5.83.